The lowest BCUT2D eigenvalue weighted by Crippen LogP contribution is -2.45. The minimum Gasteiger partial charge on any atom is -0.482 e. The number of anilines is 1. The lowest BCUT2D eigenvalue weighted by Gasteiger charge is -2.36. The smallest absolute Gasteiger partial charge is 0.344 e. The molecule has 1 amide bonds. The number of hydrogen-bond acceptors (Lipinski definition) is 7. The van der Waals surface area contributed by atoms with E-state index in [0.29, 0.717) is 11.3 Å². The lowest BCUT2D eigenvalue weighted by atomic mass is 10.1. The first kappa shape index (κ1) is 27.9. The van der Waals surface area contributed by atoms with E-state index in [1.807, 2.05) is 51.1 Å². The molecule has 0 bridgehead atoms. The highest BCUT2D eigenvalue weighted by Gasteiger charge is 2.18. The van der Waals surface area contributed by atoms with Crippen molar-refractivity contribution in [1.29, 1.82) is 0 Å². The van der Waals surface area contributed by atoms with Crippen molar-refractivity contribution in [3.8, 4) is 5.75 Å². The van der Waals surface area contributed by atoms with Gasteiger partial charge in [-0.3, -0.25) is 9.69 Å². The lowest BCUT2D eigenvalue weighted by molar-refractivity contribution is -0.157. The zero-order chi connectivity index (χ0) is 27.7. The van der Waals surface area contributed by atoms with Gasteiger partial charge >= 0.3 is 5.97 Å². The molecule has 1 saturated heterocycles. The van der Waals surface area contributed by atoms with Crippen molar-refractivity contribution in [3.63, 3.8) is 0 Å². The number of nitrogens with zero attached hydrogens (tertiary/aromatic N) is 3. The fourth-order valence-corrected chi connectivity index (χ4v) is 4.22. The van der Waals surface area contributed by atoms with E-state index in [0.717, 1.165) is 38.3 Å². The molecule has 1 aliphatic heterocycles. The zero-order valence-corrected chi connectivity index (χ0v) is 22.8. The largest absolute Gasteiger partial charge is 0.482 e. The van der Waals surface area contributed by atoms with Gasteiger partial charge in [0, 0.05) is 44.0 Å². The number of rotatable bonds is 9. The van der Waals surface area contributed by atoms with Crippen LogP contribution >= 0.6 is 0 Å². The average molecular weight is 529 g/mol. The zero-order valence-electron chi connectivity index (χ0n) is 22.8. The summed E-state index contributed by atoms with van der Waals surface area (Å²) in [7, 11) is 0. The van der Waals surface area contributed by atoms with E-state index in [1.54, 1.807) is 30.5 Å². The number of ether oxygens (including phenoxy) is 2. The van der Waals surface area contributed by atoms with Gasteiger partial charge in [0.05, 0.1) is 6.21 Å². The third kappa shape index (κ3) is 8.97. The van der Waals surface area contributed by atoms with E-state index in [9.17, 15) is 9.59 Å². The molecule has 4 rings (SSSR count). The molecule has 1 aliphatic rings. The number of benzene rings is 3. The molecule has 0 spiro atoms. The second-order valence-electron chi connectivity index (χ2n) is 10.4. The maximum absolute atomic E-state index is 12.5. The van der Waals surface area contributed by atoms with E-state index in [-0.39, 0.29) is 12.5 Å². The van der Waals surface area contributed by atoms with Crippen LogP contribution in [0.2, 0.25) is 0 Å². The molecule has 1 heterocycles. The third-order valence-electron chi connectivity index (χ3n) is 6.15. The van der Waals surface area contributed by atoms with Crippen molar-refractivity contribution in [3.05, 3.63) is 95.6 Å². The second-order valence-corrected chi connectivity index (χ2v) is 10.4. The van der Waals surface area contributed by atoms with E-state index >= 15 is 0 Å². The Bertz CT molecular complexity index is 1240. The van der Waals surface area contributed by atoms with Crippen LogP contribution in [0.5, 0.6) is 5.75 Å². The van der Waals surface area contributed by atoms with Crippen molar-refractivity contribution in [2.24, 2.45) is 5.10 Å². The fourth-order valence-electron chi connectivity index (χ4n) is 4.22. The number of amides is 1. The van der Waals surface area contributed by atoms with Crippen LogP contribution in [0.25, 0.3) is 0 Å². The minimum absolute atomic E-state index is 0.162. The fraction of sp³-hybridized carbons (Fsp3) is 0.323. The number of piperazine rings is 1. The predicted octanol–water partition coefficient (Wildman–Crippen LogP) is 4.49. The molecular weight excluding hydrogens is 492 g/mol. The van der Waals surface area contributed by atoms with E-state index < -0.39 is 11.6 Å². The molecule has 8 heteroatoms. The van der Waals surface area contributed by atoms with Gasteiger partial charge in [0.1, 0.15) is 11.4 Å². The Morgan fingerprint density at radius 3 is 2.21 bits per heavy atom. The highest BCUT2D eigenvalue weighted by atomic mass is 16.6. The predicted molar refractivity (Wildman–Crippen MR) is 153 cm³/mol. The summed E-state index contributed by atoms with van der Waals surface area (Å²) >= 11 is 0. The van der Waals surface area contributed by atoms with E-state index in [4.69, 9.17) is 9.47 Å². The minimum atomic E-state index is -0.549. The topological polar surface area (TPSA) is 83.5 Å². The molecule has 8 nitrogen and oxygen atoms in total. The van der Waals surface area contributed by atoms with Crippen molar-refractivity contribution in [2.75, 3.05) is 37.7 Å². The molecule has 3 aromatic rings. The van der Waals surface area contributed by atoms with Crippen molar-refractivity contribution in [2.45, 2.75) is 32.9 Å². The Labute approximate surface area is 230 Å². The molecule has 204 valence electrons. The Kier molecular flexibility index (Phi) is 9.33. The van der Waals surface area contributed by atoms with Crippen LogP contribution in [0.1, 0.15) is 42.3 Å². The number of hydrogen-bond donors (Lipinski definition) is 1. The van der Waals surface area contributed by atoms with Crippen LogP contribution in [-0.2, 0) is 16.1 Å². The van der Waals surface area contributed by atoms with Gasteiger partial charge in [-0.2, -0.15) is 5.10 Å². The van der Waals surface area contributed by atoms with Crippen LogP contribution in [0, 0.1) is 0 Å². The van der Waals surface area contributed by atoms with Crippen LogP contribution < -0.4 is 15.1 Å². The van der Waals surface area contributed by atoms with E-state index in [1.165, 1.54) is 11.3 Å². The maximum atomic E-state index is 12.5. The molecule has 1 N–H and O–H groups in total. The monoisotopic (exact) mass is 528 g/mol. The van der Waals surface area contributed by atoms with Crippen LogP contribution in [-0.4, -0.2) is 61.4 Å². The van der Waals surface area contributed by atoms with Gasteiger partial charge in [-0.15, -0.1) is 0 Å². The molecule has 0 aromatic heterocycles. The molecule has 0 radical (unpaired) electrons. The van der Waals surface area contributed by atoms with Gasteiger partial charge in [-0.1, -0.05) is 30.3 Å². The van der Waals surface area contributed by atoms with Gasteiger partial charge in [0.2, 0.25) is 0 Å². The Morgan fingerprint density at radius 1 is 0.897 bits per heavy atom. The van der Waals surface area contributed by atoms with Crippen LogP contribution in [0.3, 0.4) is 0 Å². The first-order chi connectivity index (χ1) is 18.7. The Hall–Kier alpha value is -4.17. The summed E-state index contributed by atoms with van der Waals surface area (Å²) in [6.07, 6.45) is 1.55. The maximum Gasteiger partial charge on any atom is 0.344 e. The summed E-state index contributed by atoms with van der Waals surface area (Å²) < 4.78 is 10.7. The highest BCUT2D eigenvalue weighted by molar-refractivity contribution is 5.94. The van der Waals surface area contributed by atoms with Gasteiger partial charge in [0.15, 0.2) is 6.61 Å². The molecule has 39 heavy (non-hydrogen) atoms. The first-order valence-electron chi connectivity index (χ1n) is 13.1. The molecule has 3 aromatic carbocycles. The first-order valence-corrected chi connectivity index (χ1v) is 13.1. The van der Waals surface area contributed by atoms with Crippen molar-refractivity contribution < 1.29 is 19.1 Å². The molecule has 0 unspecified atom stereocenters. The normalized spacial score (nSPS) is 14.3. The summed E-state index contributed by atoms with van der Waals surface area (Å²) in [4.78, 5) is 29.1. The van der Waals surface area contributed by atoms with Crippen molar-refractivity contribution in [1.82, 2.24) is 10.3 Å². The van der Waals surface area contributed by atoms with Gasteiger partial charge in [-0.05, 0) is 80.4 Å². The molecule has 0 aliphatic carbocycles. The van der Waals surface area contributed by atoms with Gasteiger partial charge < -0.3 is 14.4 Å². The van der Waals surface area contributed by atoms with Gasteiger partial charge in [-0.25, -0.2) is 10.2 Å². The Morgan fingerprint density at radius 2 is 1.56 bits per heavy atom. The molecule has 1 fully saturated rings. The summed E-state index contributed by atoms with van der Waals surface area (Å²) in [5.41, 5.74) is 5.80. The standard InChI is InChI=1S/C31H36N4O4/c1-31(2,3)39-29(36)23-38-28-15-11-24(12-16-28)21-32-33-30(37)26-13-9-25(10-14-26)22-34-17-19-35(20-18-34)27-7-5-4-6-8-27/h4-16,21H,17-20,22-23H2,1-3H3,(H,33,37)/b32-21-. The highest BCUT2D eigenvalue weighted by Crippen LogP contribution is 2.17. The molecule has 0 atom stereocenters. The number of esters is 1. The summed E-state index contributed by atoms with van der Waals surface area (Å²) in [6.45, 7) is 10.1. The van der Waals surface area contributed by atoms with Crippen LogP contribution in [0.15, 0.2) is 84.0 Å². The van der Waals surface area contributed by atoms with Crippen molar-refractivity contribution >= 4 is 23.8 Å². The van der Waals surface area contributed by atoms with Crippen LogP contribution in [0.4, 0.5) is 5.69 Å². The number of hydrazone groups is 1. The van der Waals surface area contributed by atoms with Gasteiger partial charge in [0.25, 0.3) is 5.91 Å². The summed E-state index contributed by atoms with van der Waals surface area (Å²) in [5.74, 6) is -0.155. The summed E-state index contributed by atoms with van der Waals surface area (Å²) in [6, 6.07) is 25.2. The quantitative estimate of drug-likeness (QED) is 0.250. The molecule has 0 saturated carbocycles. The molecular formula is C31H36N4O4. The second kappa shape index (κ2) is 13.1. The Balaban J connectivity index is 1.19. The average Bonchev–Trinajstić information content (AvgIpc) is 2.93. The van der Waals surface area contributed by atoms with E-state index in [2.05, 4.69) is 44.6 Å². The number of para-hydroxylation sites is 1. The number of carbonyl (C=O) groups is 2. The SMILES string of the molecule is CC(C)(C)OC(=O)COc1ccc(/C=N\NC(=O)c2ccc(CN3CCN(c4ccccc4)CC3)cc2)cc1. The number of carbonyl (C=O) groups excluding carboxylic acids is 2. The third-order valence-corrected chi connectivity index (χ3v) is 6.15. The number of nitrogens with one attached hydrogen (secondary N) is 1. The summed E-state index contributed by atoms with van der Waals surface area (Å²) in [5, 5.41) is 4.06.